The van der Waals surface area contributed by atoms with Crippen LogP contribution in [0.25, 0.3) is 0 Å². The van der Waals surface area contributed by atoms with Gasteiger partial charge in [-0.15, -0.1) is 0 Å². The molecule has 15 nitrogen and oxygen atoms in total. The van der Waals surface area contributed by atoms with Crippen molar-refractivity contribution >= 4 is 44.7 Å². The molecule has 0 saturated carbocycles. The van der Waals surface area contributed by atoms with Crippen molar-refractivity contribution in [3.8, 4) is 11.5 Å². The molecule has 0 aliphatic heterocycles. The lowest BCUT2D eigenvalue weighted by Gasteiger charge is -2.33. The van der Waals surface area contributed by atoms with Crippen LogP contribution in [-0.4, -0.2) is 78.5 Å². The van der Waals surface area contributed by atoms with Crippen LogP contribution in [-0.2, 0) is 22.7 Å². The molecule has 3 aromatic rings. The number of benzene rings is 1. The van der Waals surface area contributed by atoms with E-state index < -0.39 is 62.0 Å². The minimum Gasteiger partial charge on any atom is -0.497 e. The summed E-state index contributed by atoms with van der Waals surface area (Å²) in [6.45, 7) is 4.74. The normalized spacial score (nSPS) is 13.2. The molecule has 0 aliphatic carbocycles. The summed E-state index contributed by atoms with van der Waals surface area (Å²) in [5, 5.41) is 25.3. The van der Waals surface area contributed by atoms with Crippen LogP contribution in [0.2, 0.25) is 0 Å². The minimum atomic E-state index is -5.05. The summed E-state index contributed by atoms with van der Waals surface area (Å²) in [4.78, 5) is 29.3. The molecule has 270 valence electrons. The molecule has 0 aliphatic rings. The molecular formula is C29H38F3N7O8S2. The van der Waals surface area contributed by atoms with Crippen molar-refractivity contribution in [1.29, 1.82) is 0 Å². The number of alkyl halides is 3. The molecule has 1 aromatic carbocycles. The van der Waals surface area contributed by atoms with Gasteiger partial charge in [0, 0.05) is 48.5 Å². The van der Waals surface area contributed by atoms with Crippen molar-refractivity contribution in [2.75, 3.05) is 36.9 Å². The van der Waals surface area contributed by atoms with Gasteiger partial charge in [0.25, 0.3) is 10.0 Å². The quantitative estimate of drug-likeness (QED) is 0.123. The number of ether oxygens (including phenoxy) is 2. The van der Waals surface area contributed by atoms with E-state index >= 15 is 0 Å². The Morgan fingerprint density at radius 3 is 2.37 bits per heavy atom. The van der Waals surface area contributed by atoms with E-state index in [-0.39, 0.29) is 36.9 Å². The Bertz CT molecular complexity index is 1690. The van der Waals surface area contributed by atoms with Gasteiger partial charge in [-0.2, -0.15) is 17.5 Å². The van der Waals surface area contributed by atoms with E-state index in [2.05, 4.69) is 30.3 Å². The van der Waals surface area contributed by atoms with E-state index in [0.29, 0.717) is 23.8 Å². The average molecular weight is 734 g/mol. The summed E-state index contributed by atoms with van der Waals surface area (Å²) in [7, 11) is -1.91. The molecule has 49 heavy (non-hydrogen) atoms. The number of methoxy groups -OCH3 is 2. The zero-order chi connectivity index (χ0) is 36.6. The first kappa shape index (κ1) is 38.9. The highest BCUT2D eigenvalue weighted by Gasteiger charge is 2.38. The van der Waals surface area contributed by atoms with Gasteiger partial charge in [0.15, 0.2) is 0 Å². The summed E-state index contributed by atoms with van der Waals surface area (Å²) in [5.74, 6) is -0.555. The summed E-state index contributed by atoms with van der Waals surface area (Å²) >= 11 is 0.719. The summed E-state index contributed by atoms with van der Waals surface area (Å²) in [6.07, 6.45) is -5.04. The van der Waals surface area contributed by atoms with Crippen LogP contribution in [0.5, 0.6) is 11.5 Å². The molecule has 20 heteroatoms. The van der Waals surface area contributed by atoms with E-state index in [4.69, 9.17) is 14.6 Å². The lowest BCUT2D eigenvalue weighted by molar-refractivity contribution is -0.137. The van der Waals surface area contributed by atoms with E-state index in [1.807, 2.05) is 13.8 Å². The molecule has 0 fully saturated rings. The molecule has 0 spiro atoms. The van der Waals surface area contributed by atoms with Gasteiger partial charge in [0.2, 0.25) is 5.13 Å². The van der Waals surface area contributed by atoms with Crippen LogP contribution in [0.3, 0.4) is 0 Å². The third-order valence-electron chi connectivity index (χ3n) is 7.61. The third kappa shape index (κ3) is 10.7. The number of amides is 2. The van der Waals surface area contributed by atoms with E-state index in [1.54, 1.807) is 19.1 Å². The van der Waals surface area contributed by atoms with Gasteiger partial charge < -0.3 is 35.6 Å². The smallest absolute Gasteiger partial charge is 0.419 e. The van der Waals surface area contributed by atoms with Crippen LogP contribution in [0.15, 0.2) is 41.7 Å². The van der Waals surface area contributed by atoms with Crippen LogP contribution in [0, 0.1) is 11.3 Å². The van der Waals surface area contributed by atoms with Gasteiger partial charge in [-0.05, 0) is 49.3 Å². The molecule has 2 aromatic heterocycles. The Morgan fingerprint density at radius 1 is 1.08 bits per heavy atom. The third-order valence-corrected chi connectivity index (χ3v) is 10.1. The van der Waals surface area contributed by atoms with Crippen molar-refractivity contribution in [2.45, 2.75) is 57.3 Å². The topological polar surface area (TPSA) is 205 Å². The summed E-state index contributed by atoms with van der Waals surface area (Å²) in [6, 6.07) is 4.38. The fraction of sp³-hybridized carbons (Fsp3) is 0.483. The molecule has 0 saturated heterocycles. The molecule has 0 radical (unpaired) electrons. The summed E-state index contributed by atoms with van der Waals surface area (Å²) < 4.78 is 86.5. The number of halogens is 3. The first-order chi connectivity index (χ1) is 22.9. The Morgan fingerprint density at radius 2 is 1.80 bits per heavy atom. The zero-order valence-corrected chi connectivity index (χ0v) is 28.9. The van der Waals surface area contributed by atoms with Crippen LogP contribution >= 0.6 is 11.5 Å². The largest absolute Gasteiger partial charge is 0.497 e. The first-order valence-electron chi connectivity index (χ1n) is 14.7. The lowest BCUT2D eigenvalue weighted by atomic mass is 9.77. The van der Waals surface area contributed by atoms with Crippen LogP contribution in [0.4, 0.5) is 33.7 Å². The Labute approximate surface area is 285 Å². The van der Waals surface area contributed by atoms with Crippen LogP contribution < -0.4 is 29.7 Å². The number of rotatable bonds is 17. The lowest BCUT2D eigenvalue weighted by Crippen LogP contribution is -2.42. The second-order valence-corrected chi connectivity index (χ2v) is 14.3. The maximum absolute atomic E-state index is 14.5. The van der Waals surface area contributed by atoms with E-state index in [0.717, 1.165) is 28.4 Å². The van der Waals surface area contributed by atoms with Gasteiger partial charge >= 0.3 is 18.4 Å². The molecular weight excluding hydrogens is 695 g/mol. The average Bonchev–Trinajstić information content (AvgIpc) is 3.55. The molecule has 5 N–H and O–H groups in total. The second-order valence-electron chi connectivity index (χ2n) is 11.7. The predicted octanol–water partition coefficient (Wildman–Crippen LogP) is 5.12. The van der Waals surface area contributed by atoms with Gasteiger partial charge in [0.05, 0.1) is 26.3 Å². The number of hydrogen-bond acceptors (Lipinski definition) is 11. The Kier molecular flexibility index (Phi) is 12.9. The number of aromatic nitrogens is 3. The molecule has 2 atom stereocenters. The van der Waals surface area contributed by atoms with E-state index in [9.17, 15) is 36.3 Å². The van der Waals surface area contributed by atoms with Crippen LogP contribution in [0.1, 0.15) is 44.7 Å². The van der Waals surface area contributed by atoms with Crippen molar-refractivity contribution < 1.29 is 50.9 Å². The molecule has 2 heterocycles. The monoisotopic (exact) mass is 733 g/mol. The number of sulfonamides is 1. The number of carboxylic acid groups (broad SMARTS) is 2. The maximum atomic E-state index is 14.5. The van der Waals surface area contributed by atoms with Crippen molar-refractivity contribution in [3.05, 3.63) is 47.9 Å². The highest BCUT2D eigenvalue weighted by Crippen LogP contribution is 2.38. The first-order valence-corrected chi connectivity index (χ1v) is 16.9. The number of nitrogens with zero attached hydrogens (tertiary/aromatic N) is 4. The number of pyridine rings is 1. The Hall–Kier alpha value is -4.59. The fourth-order valence-corrected chi connectivity index (χ4v) is 7.13. The van der Waals surface area contributed by atoms with Gasteiger partial charge in [-0.3, -0.25) is 0 Å². The van der Waals surface area contributed by atoms with Gasteiger partial charge in [0.1, 0.15) is 28.5 Å². The Balaban J connectivity index is 1.97. The number of anilines is 2. The summed E-state index contributed by atoms with van der Waals surface area (Å²) in [5.41, 5.74) is -1.56. The number of carbonyl (C=O) groups is 2. The predicted molar refractivity (Wildman–Crippen MR) is 174 cm³/mol. The van der Waals surface area contributed by atoms with Gasteiger partial charge in [-0.1, -0.05) is 13.8 Å². The highest BCUT2D eigenvalue weighted by molar-refractivity contribution is 7.93. The molecule has 3 rings (SSSR count). The number of hydrogen-bond donors (Lipinski definition) is 5. The maximum Gasteiger partial charge on any atom is 0.419 e. The fourth-order valence-electron chi connectivity index (χ4n) is 5.03. The molecule has 2 unspecified atom stereocenters. The molecule has 0 bridgehead atoms. The van der Waals surface area contributed by atoms with Crippen molar-refractivity contribution in [2.24, 2.45) is 11.3 Å². The van der Waals surface area contributed by atoms with Crippen molar-refractivity contribution in [1.82, 2.24) is 25.0 Å². The highest BCUT2D eigenvalue weighted by atomic mass is 32.2. The van der Waals surface area contributed by atoms with Gasteiger partial charge in [-0.25, -0.2) is 32.3 Å². The zero-order valence-electron chi connectivity index (χ0n) is 27.2. The number of nitrogens with one attached hydrogen (secondary N) is 3. The second kappa shape index (κ2) is 16.2. The molecule has 2 amide bonds. The van der Waals surface area contributed by atoms with E-state index in [1.165, 1.54) is 20.3 Å². The SMILES string of the molecule is COc1ccc(CN(c2ncns2)S(=O)(=O)c2cnc(NCC(CC(C)(C)CCNC(=O)O)C(C)NC(=O)O)c(C(F)(F)F)c2)c(OC)c1. The van der Waals surface area contributed by atoms with Crippen molar-refractivity contribution in [3.63, 3.8) is 0 Å². The standard InChI is InChI=1S/C29H38F3N7O8S2/c1-17(38-27(42)43)19(12-28(2,3)8-9-33-26(40)41)13-34-24-22(29(30,31)32)11-21(14-35-24)49(44,45)39(25-36-16-37-48-25)15-18-6-7-20(46-4)10-23(18)47-5/h6-7,10-11,14,16-17,19,33,38H,8-9,12-13,15H2,1-5H3,(H,34,35)(H,40,41)(H,42,43). The minimum absolute atomic E-state index is 0.109.